The standard InChI is InChI=1S/C26H21ClN2O5S/c1-4-13-34-25(33)23-15(3)28-26(35-23)29-20(16-9-11-18(27)12-10-16)19(22(31)24(29)32)21(30)17-7-5-14(2)6-8-17/h4-12,20,30H,1,13H2,2-3H3/b21-19+. The molecule has 2 aromatic carbocycles. The highest BCUT2D eigenvalue weighted by Crippen LogP contribution is 2.44. The van der Waals surface area contributed by atoms with Crippen LogP contribution in [0.25, 0.3) is 5.76 Å². The second-order valence-electron chi connectivity index (χ2n) is 7.88. The van der Waals surface area contributed by atoms with E-state index in [1.54, 1.807) is 55.5 Å². The Kier molecular flexibility index (Phi) is 6.86. The topological polar surface area (TPSA) is 96.8 Å². The van der Waals surface area contributed by atoms with Gasteiger partial charge < -0.3 is 9.84 Å². The van der Waals surface area contributed by atoms with Crippen LogP contribution in [0.15, 0.2) is 66.8 Å². The number of thiazole rings is 1. The van der Waals surface area contributed by atoms with Crippen LogP contribution < -0.4 is 4.90 Å². The first kappa shape index (κ1) is 24.4. The number of rotatable bonds is 6. The second-order valence-corrected chi connectivity index (χ2v) is 9.30. The summed E-state index contributed by atoms with van der Waals surface area (Å²) in [5.41, 5.74) is 2.20. The minimum Gasteiger partial charge on any atom is -0.507 e. The lowest BCUT2D eigenvalue weighted by Gasteiger charge is -2.23. The predicted octanol–water partition coefficient (Wildman–Crippen LogP) is 5.38. The summed E-state index contributed by atoms with van der Waals surface area (Å²) in [5.74, 6) is -2.62. The number of amides is 1. The molecule has 1 aliphatic rings. The molecule has 178 valence electrons. The number of aryl methyl sites for hydroxylation is 2. The van der Waals surface area contributed by atoms with Crippen molar-refractivity contribution >= 4 is 51.5 Å². The van der Waals surface area contributed by atoms with Crippen LogP contribution in [0, 0.1) is 13.8 Å². The van der Waals surface area contributed by atoms with E-state index < -0.39 is 23.7 Å². The molecular weight excluding hydrogens is 488 g/mol. The Balaban J connectivity index is 1.88. The Morgan fingerprint density at radius 1 is 1.17 bits per heavy atom. The first-order valence-electron chi connectivity index (χ1n) is 10.6. The number of aliphatic hydroxyl groups excluding tert-OH is 1. The lowest BCUT2D eigenvalue weighted by Crippen LogP contribution is -2.29. The van der Waals surface area contributed by atoms with Crippen LogP contribution in [-0.4, -0.2) is 34.4 Å². The van der Waals surface area contributed by atoms with Gasteiger partial charge in [-0.1, -0.05) is 77.6 Å². The normalized spacial score (nSPS) is 17.0. The minimum absolute atomic E-state index is 0.0251. The number of aromatic nitrogens is 1. The van der Waals surface area contributed by atoms with Gasteiger partial charge in [-0.3, -0.25) is 14.5 Å². The highest BCUT2D eigenvalue weighted by molar-refractivity contribution is 7.17. The number of aliphatic hydroxyl groups is 1. The minimum atomic E-state index is -0.976. The summed E-state index contributed by atoms with van der Waals surface area (Å²) in [5, 5.41) is 11.8. The fourth-order valence-corrected chi connectivity index (χ4v) is 4.85. The third-order valence-electron chi connectivity index (χ3n) is 5.46. The summed E-state index contributed by atoms with van der Waals surface area (Å²) in [6, 6.07) is 12.6. The van der Waals surface area contributed by atoms with E-state index in [1.165, 1.54) is 11.0 Å². The molecule has 0 bridgehead atoms. The van der Waals surface area contributed by atoms with E-state index in [-0.39, 0.29) is 27.9 Å². The van der Waals surface area contributed by atoms with Crippen LogP contribution >= 0.6 is 22.9 Å². The van der Waals surface area contributed by atoms with E-state index >= 15 is 0 Å². The van der Waals surface area contributed by atoms with Gasteiger partial charge in [0, 0.05) is 10.6 Å². The molecule has 4 rings (SSSR count). The Labute approximate surface area is 210 Å². The van der Waals surface area contributed by atoms with Gasteiger partial charge in [0.2, 0.25) is 0 Å². The first-order valence-corrected chi connectivity index (χ1v) is 11.8. The van der Waals surface area contributed by atoms with Crippen LogP contribution in [0.3, 0.4) is 0 Å². The van der Waals surface area contributed by atoms with Crippen molar-refractivity contribution < 1.29 is 24.2 Å². The number of carbonyl (C=O) groups is 3. The number of halogens is 1. The maximum Gasteiger partial charge on any atom is 0.350 e. The average Bonchev–Trinajstić information content (AvgIpc) is 3.35. The summed E-state index contributed by atoms with van der Waals surface area (Å²) in [4.78, 5) is 44.7. The zero-order valence-corrected chi connectivity index (χ0v) is 20.5. The van der Waals surface area contributed by atoms with Crippen molar-refractivity contribution in [1.82, 2.24) is 4.98 Å². The molecule has 1 aromatic heterocycles. The molecule has 0 spiro atoms. The maximum absolute atomic E-state index is 13.3. The highest BCUT2D eigenvalue weighted by Gasteiger charge is 2.48. The van der Waals surface area contributed by atoms with Gasteiger partial charge in [-0.05, 0) is 31.5 Å². The number of ether oxygens (including phenoxy) is 1. The average molecular weight is 509 g/mol. The summed E-state index contributed by atoms with van der Waals surface area (Å²) < 4.78 is 5.11. The fourth-order valence-electron chi connectivity index (χ4n) is 3.73. The van der Waals surface area contributed by atoms with Crippen LogP contribution in [0.1, 0.15) is 38.1 Å². The van der Waals surface area contributed by atoms with Gasteiger partial charge >= 0.3 is 11.9 Å². The zero-order valence-electron chi connectivity index (χ0n) is 18.9. The smallest absolute Gasteiger partial charge is 0.350 e. The first-order chi connectivity index (χ1) is 16.7. The Hall–Kier alpha value is -3.75. The Bertz CT molecular complexity index is 1360. The van der Waals surface area contributed by atoms with Crippen LogP contribution in [-0.2, 0) is 14.3 Å². The van der Waals surface area contributed by atoms with Gasteiger partial charge in [-0.15, -0.1) is 0 Å². The molecule has 0 saturated carbocycles. The summed E-state index contributed by atoms with van der Waals surface area (Å²) >= 11 is 7.00. The summed E-state index contributed by atoms with van der Waals surface area (Å²) in [7, 11) is 0. The van der Waals surface area contributed by atoms with Gasteiger partial charge in [-0.2, -0.15) is 0 Å². The molecule has 3 aromatic rings. The number of hydrogen-bond acceptors (Lipinski definition) is 7. The SMILES string of the molecule is C=CCOC(=O)c1sc(N2C(=O)C(=O)/C(=C(/O)c3ccc(C)cc3)C2c2ccc(Cl)cc2)nc1C. The quantitative estimate of drug-likeness (QED) is 0.158. The molecule has 1 saturated heterocycles. The number of benzene rings is 2. The van der Waals surface area contributed by atoms with Crippen LogP contribution in [0.4, 0.5) is 5.13 Å². The molecule has 35 heavy (non-hydrogen) atoms. The third kappa shape index (κ3) is 4.62. The number of esters is 1. The van der Waals surface area contributed by atoms with Crippen LogP contribution in [0.2, 0.25) is 5.02 Å². The highest BCUT2D eigenvalue weighted by atomic mass is 35.5. The van der Waals surface area contributed by atoms with Crippen molar-refractivity contribution in [3.05, 3.63) is 99.0 Å². The molecule has 0 aliphatic carbocycles. The number of nitrogens with zero attached hydrogens (tertiary/aromatic N) is 2. The van der Waals surface area contributed by atoms with Gasteiger partial charge in [0.05, 0.1) is 17.3 Å². The third-order valence-corrected chi connectivity index (χ3v) is 6.85. The van der Waals surface area contributed by atoms with E-state index in [0.29, 0.717) is 21.8 Å². The van der Waals surface area contributed by atoms with Crippen molar-refractivity contribution in [2.24, 2.45) is 0 Å². The second kappa shape index (κ2) is 9.85. The molecule has 2 heterocycles. The molecule has 1 amide bonds. The summed E-state index contributed by atoms with van der Waals surface area (Å²) in [6.45, 7) is 7.06. The number of hydrogen-bond donors (Lipinski definition) is 1. The molecule has 1 N–H and O–H groups in total. The van der Waals surface area contributed by atoms with Crippen molar-refractivity contribution in [3.63, 3.8) is 0 Å². The number of Topliss-reactive ketones (excluding diaryl/α,β-unsaturated/α-hetero) is 1. The molecular formula is C26H21ClN2O5S. The van der Waals surface area contributed by atoms with Crippen molar-refractivity contribution in [2.45, 2.75) is 19.9 Å². The molecule has 1 aliphatic heterocycles. The van der Waals surface area contributed by atoms with Gasteiger partial charge in [-0.25, -0.2) is 9.78 Å². The molecule has 1 atom stereocenters. The fraction of sp³-hybridized carbons (Fsp3) is 0.154. The van der Waals surface area contributed by atoms with E-state index in [0.717, 1.165) is 16.9 Å². The monoisotopic (exact) mass is 508 g/mol. The summed E-state index contributed by atoms with van der Waals surface area (Å²) in [6.07, 6.45) is 1.44. The lowest BCUT2D eigenvalue weighted by atomic mass is 9.95. The van der Waals surface area contributed by atoms with Crippen molar-refractivity contribution in [3.8, 4) is 0 Å². The molecule has 7 nitrogen and oxygen atoms in total. The van der Waals surface area contributed by atoms with Gasteiger partial charge in [0.25, 0.3) is 5.78 Å². The molecule has 9 heteroatoms. The number of carbonyl (C=O) groups excluding carboxylic acids is 3. The molecule has 1 fully saturated rings. The van der Waals surface area contributed by atoms with Crippen molar-refractivity contribution in [1.29, 1.82) is 0 Å². The van der Waals surface area contributed by atoms with E-state index in [9.17, 15) is 19.5 Å². The van der Waals surface area contributed by atoms with E-state index in [4.69, 9.17) is 16.3 Å². The maximum atomic E-state index is 13.3. The lowest BCUT2D eigenvalue weighted by molar-refractivity contribution is -0.132. The predicted molar refractivity (Wildman–Crippen MR) is 135 cm³/mol. The van der Waals surface area contributed by atoms with Crippen LogP contribution in [0.5, 0.6) is 0 Å². The van der Waals surface area contributed by atoms with Gasteiger partial charge in [0.1, 0.15) is 17.2 Å². The Morgan fingerprint density at radius 3 is 2.46 bits per heavy atom. The number of ketones is 1. The zero-order chi connectivity index (χ0) is 25.3. The van der Waals surface area contributed by atoms with E-state index in [2.05, 4.69) is 11.6 Å². The largest absolute Gasteiger partial charge is 0.507 e. The Morgan fingerprint density at radius 2 is 1.83 bits per heavy atom. The van der Waals surface area contributed by atoms with Crippen molar-refractivity contribution in [2.75, 3.05) is 11.5 Å². The molecule has 0 radical (unpaired) electrons. The van der Waals surface area contributed by atoms with E-state index in [1.807, 2.05) is 6.92 Å². The van der Waals surface area contributed by atoms with Gasteiger partial charge in [0.15, 0.2) is 5.13 Å². The molecule has 1 unspecified atom stereocenters. The number of anilines is 1.